The van der Waals surface area contributed by atoms with Crippen molar-refractivity contribution in [2.45, 2.75) is 20.3 Å². The van der Waals surface area contributed by atoms with Crippen LogP contribution in [-0.2, 0) is 6.42 Å². The molecule has 1 aliphatic heterocycles. The third-order valence-corrected chi connectivity index (χ3v) is 4.96. The van der Waals surface area contributed by atoms with Gasteiger partial charge in [0.05, 0.1) is 6.54 Å². The minimum Gasteiger partial charge on any atom is -0.357 e. The smallest absolute Gasteiger partial charge is 0.191 e. The zero-order valence-corrected chi connectivity index (χ0v) is 19.1. The van der Waals surface area contributed by atoms with Gasteiger partial charge in [-0.25, -0.2) is 0 Å². The van der Waals surface area contributed by atoms with Gasteiger partial charge in [0.15, 0.2) is 5.96 Å². The van der Waals surface area contributed by atoms with E-state index < -0.39 is 0 Å². The minimum absolute atomic E-state index is 0. The number of hydrogen-bond acceptors (Lipinski definition) is 3. The fourth-order valence-electron chi connectivity index (χ4n) is 2.99. The Bertz CT molecular complexity index is 532. The summed E-state index contributed by atoms with van der Waals surface area (Å²) in [5, 5.41) is 7.55. The fraction of sp³-hybridized carbons (Fsp3) is 0.632. The maximum Gasteiger partial charge on any atom is 0.191 e. The fourth-order valence-corrected chi connectivity index (χ4v) is 3.22. The molecule has 1 aliphatic rings. The van der Waals surface area contributed by atoms with Crippen LogP contribution in [0.25, 0.3) is 0 Å². The van der Waals surface area contributed by atoms with Crippen LogP contribution in [0.1, 0.15) is 19.4 Å². The van der Waals surface area contributed by atoms with Crippen molar-refractivity contribution in [2.75, 3.05) is 58.9 Å². The van der Waals surface area contributed by atoms with Crippen LogP contribution in [-0.4, -0.2) is 74.7 Å². The van der Waals surface area contributed by atoms with E-state index in [9.17, 15) is 0 Å². The van der Waals surface area contributed by atoms with Gasteiger partial charge in [0.25, 0.3) is 0 Å². The molecule has 2 N–H and O–H groups in total. The monoisotopic (exact) mass is 493 g/mol. The summed E-state index contributed by atoms with van der Waals surface area (Å²) in [5.41, 5.74) is 1.17. The molecule has 1 saturated heterocycles. The first-order valence-corrected chi connectivity index (χ1v) is 9.81. The molecular formula is C19H33ClIN5. The molecule has 7 heteroatoms. The molecule has 2 rings (SSSR count). The maximum absolute atomic E-state index is 6.21. The molecular weight excluding hydrogens is 461 g/mol. The van der Waals surface area contributed by atoms with Crippen LogP contribution in [0.15, 0.2) is 29.3 Å². The molecule has 1 heterocycles. The second-order valence-electron chi connectivity index (χ2n) is 6.30. The molecule has 0 bridgehead atoms. The minimum atomic E-state index is 0. The van der Waals surface area contributed by atoms with Crippen LogP contribution in [0.5, 0.6) is 0 Å². The number of hydrogen-bond donors (Lipinski definition) is 2. The third-order valence-electron chi connectivity index (χ3n) is 4.59. The molecule has 26 heavy (non-hydrogen) atoms. The standard InChI is InChI=1S/C19H32ClN5.HI/c1-3-21-19(22-10-9-17-7-5-6-8-18(17)20)23-11-12-25-15-13-24(4-2)14-16-25;/h5-8H,3-4,9-16H2,1-2H3,(H2,21,22,23);1H. The van der Waals surface area contributed by atoms with Crippen molar-refractivity contribution in [1.29, 1.82) is 0 Å². The number of guanidine groups is 1. The second-order valence-corrected chi connectivity index (χ2v) is 6.71. The molecule has 0 atom stereocenters. The number of halogens is 2. The van der Waals surface area contributed by atoms with Crippen molar-refractivity contribution in [2.24, 2.45) is 4.99 Å². The van der Waals surface area contributed by atoms with Gasteiger partial charge in [0.1, 0.15) is 0 Å². The molecule has 5 nitrogen and oxygen atoms in total. The topological polar surface area (TPSA) is 42.9 Å². The van der Waals surface area contributed by atoms with Gasteiger partial charge in [-0.2, -0.15) is 0 Å². The number of aliphatic imine (C=N–C) groups is 1. The van der Waals surface area contributed by atoms with Crippen LogP contribution in [0.4, 0.5) is 0 Å². The first kappa shape index (κ1) is 23.5. The summed E-state index contributed by atoms with van der Waals surface area (Å²) in [6, 6.07) is 8.00. The Kier molecular flexibility index (Phi) is 12.3. The SMILES string of the molecule is CCNC(=NCCN1CCN(CC)CC1)NCCc1ccccc1Cl.I. The average molecular weight is 494 g/mol. The molecule has 0 aliphatic carbocycles. The Morgan fingerprint density at radius 2 is 1.77 bits per heavy atom. The normalized spacial score (nSPS) is 16.2. The van der Waals surface area contributed by atoms with Crippen molar-refractivity contribution >= 4 is 41.5 Å². The molecule has 0 saturated carbocycles. The van der Waals surface area contributed by atoms with Gasteiger partial charge in [-0.15, -0.1) is 24.0 Å². The maximum atomic E-state index is 6.21. The summed E-state index contributed by atoms with van der Waals surface area (Å²) in [6.07, 6.45) is 0.892. The van der Waals surface area contributed by atoms with Gasteiger partial charge in [-0.1, -0.05) is 36.7 Å². The highest BCUT2D eigenvalue weighted by Gasteiger charge is 2.14. The highest BCUT2D eigenvalue weighted by Crippen LogP contribution is 2.14. The van der Waals surface area contributed by atoms with Crippen LogP contribution < -0.4 is 10.6 Å². The molecule has 148 valence electrons. The Balaban J connectivity index is 0.00000338. The molecule has 0 amide bonds. The lowest BCUT2D eigenvalue weighted by Gasteiger charge is -2.33. The molecule has 0 spiro atoms. The lowest BCUT2D eigenvalue weighted by atomic mass is 10.1. The zero-order chi connectivity index (χ0) is 17.9. The van der Waals surface area contributed by atoms with E-state index in [-0.39, 0.29) is 24.0 Å². The lowest BCUT2D eigenvalue weighted by Crippen LogP contribution is -2.47. The molecule has 1 aromatic rings. The van der Waals surface area contributed by atoms with Crippen LogP contribution in [0.2, 0.25) is 5.02 Å². The largest absolute Gasteiger partial charge is 0.357 e. The van der Waals surface area contributed by atoms with Gasteiger partial charge in [0.2, 0.25) is 0 Å². The van der Waals surface area contributed by atoms with Crippen molar-refractivity contribution in [3.63, 3.8) is 0 Å². The van der Waals surface area contributed by atoms with Crippen LogP contribution >= 0.6 is 35.6 Å². The van der Waals surface area contributed by atoms with Gasteiger partial charge in [0, 0.05) is 50.8 Å². The van der Waals surface area contributed by atoms with Crippen molar-refractivity contribution < 1.29 is 0 Å². The Labute approximate surface area is 180 Å². The van der Waals surface area contributed by atoms with E-state index in [2.05, 4.69) is 40.3 Å². The highest BCUT2D eigenvalue weighted by molar-refractivity contribution is 14.0. The first-order valence-electron chi connectivity index (χ1n) is 9.43. The zero-order valence-electron chi connectivity index (χ0n) is 16.0. The number of piperazine rings is 1. The highest BCUT2D eigenvalue weighted by atomic mass is 127. The molecule has 0 aromatic heterocycles. The average Bonchev–Trinajstić information content (AvgIpc) is 2.64. The third kappa shape index (κ3) is 8.41. The molecule has 1 fully saturated rings. The molecule has 0 unspecified atom stereocenters. The van der Waals surface area contributed by atoms with Gasteiger partial charge < -0.3 is 15.5 Å². The number of likely N-dealkylation sites (N-methyl/N-ethyl adjacent to an activating group) is 1. The quantitative estimate of drug-likeness (QED) is 0.332. The summed E-state index contributed by atoms with van der Waals surface area (Å²) < 4.78 is 0. The number of nitrogens with zero attached hydrogens (tertiary/aromatic N) is 3. The van der Waals surface area contributed by atoms with E-state index in [1.54, 1.807) is 0 Å². The number of nitrogens with one attached hydrogen (secondary N) is 2. The van der Waals surface area contributed by atoms with E-state index >= 15 is 0 Å². The Morgan fingerprint density at radius 3 is 2.42 bits per heavy atom. The van der Waals surface area contributed by atoms with Crippen molar-refractivity contribution in [1.82, 2.24) is 20.4 Å². The van der Waals surface area contributed by atoms with Gasteiger partial charge in [-0.3, -0.25) is 9.89 Å². The predicted octanol–water partition coefficient (Wildman–Crippen LogP) is 2.69. The van der Waals surface area contributed by atoms with E-state index in [1.807, 2.05) is 18.2 Å². The summed E-state index contributed by atoms with van der Waals surface area (Å²) in [6.45, 7) is 13.7. The first-order chi connectivity index (χ1) is 12.2. The van der Waals surface area contributed by atoms with E-state index in [0.29, 0.717) is 0 Å². The van der Waals surface area contributed by atoms with Crippen molar-refractivity contribution in [3.8, 4) is 0 Å². The Hall–Kier alpha value is -0.570. The number of rotatable bonds is 8. The van der Waals surface area contributed by atoms with E-state index in [1.165, 1.54) is 18.7 Å². The van der Waals surface area contributed by atoms with E-state index in [4.69, 9.17) is 16.6 Å². The lowest BCUT2D eigenvalue weighted by molar-refractivity contribution is 0.140. The summed E-state index contributed by atoms with van der Waals surface area (Å²) in [7, 11) is 0. The van der Waals surface area contributed by atoms with Crippen molar-refractivity contribution in [3.05, 3.63) is 34.9 Å². The van der Waals surface area contributed by atoms with E-state index in [0.717, 1.165) is 63.2 Å². The molecule has 1 aromatic carbocycles. The van der Waals surface area contributed by atoms with Crippen LogP contribution in [0.3, 0.4) is 0 Å². The van der Waals surface area contributed by atoms with Gasteiger partial charge in [-0.05, 0) is 31.5 Å². The molecule has 0 radical (unpaired) electrons. The second kappa shape index (κ2) is 13.6. The Morgan fingerprint density at radius 1 is 1.08 bits per heavy atom. The van der Waals surface area contributed by atoms with Crippen LogP contribution in [0, 0.1) is 0 Å². The number of benzene rings is 1. The summed E-state index contributed by atoms with van der Waals surface area (Å²) in [5.74, 6) is 0.891. The summed E-state index contributed by atoms with van der Waals surface area (Å²) >= 11 is 6.21. The summed E-state index contributed by atoms with van der Waals surface area (Å²) in [4.78, 5) is 9.71. The van der Waals surface area contributed by atoms with Gasteiger partial charge >= 0.3 is 0 Å². The predicted molar refractivity (Wildman–Crippen MR) is 123 cm³/mol.